The number of ether oxygens (including phenoxy) is 5. The number of nitrogens with one attached hydrogen (secondary N) is 5. The molecule has 1 aliphatic carbocycles. The number of benzene rings is 4. The third-order valence-electron chi connectivity index (χ3n) is 22.1. The van der Waals surface area contributed by atoms with Gasteiger partial charge in [0.2, 0.25) is 47.1 Å². The molecule has 4 aliphatic heterocycles. The number of carbonyl (C=O) groups excluding carboxylic acids is 5. The van der Waals surface area contributed by atoms with Gasteiger partial charge >= 0.3 is 12.6 Å². The first-order valence-electron chi connectivity index (χ1n) is 40.3. The summed E-state index contributed by atoms with van der Waals surface area (Å²) in [6.45, 7) is 17.1. The quantitative estimate of drug-likeness (QED) is 0.0114. The lowest BCUT2D eigenvalue weighted by Crippen LogP contribution is -2.44. The van der Waals surface area contributed by atoms with Crippen LogP contribution < -0.4 is 62.1 Å². The maximum atomic E-state index is 14.5. The number of aliphatic hydroxyl groups is 1. The van der Waals surface area contributed by atoms with E-state index in [2.05, 4.69) is 99.4 Å². The van der Waals surface area contributed by atoms with E-state index in [1.165, 1.54) is 90.8 Å². The highest BCUT2D eigenvalue weighted by atomic mass is 19.3. The zero-order chi connectivity index (χ0) is 93.3. The van der Waals surface area contributed by atoms with Crippen molar-refractivity contribution in [2.45, 2.75) is 122 Å². The molecule has 4 amide bonds. The number of halogens is 8. The van der Waals surface area contributed by atoms with Gasteiger partial charge in [-0.2, -0.15) is 29.2 Å². The number of carbonyl (C=O) groups is 5. The number of aromatic amines is 1. The highest BCUT2D eigenvalue weighted by Gasteiger charge is 2.55. The van der Waals surface area contributed by atoms with Crippen LogP contribution in [0.1, 0.15) is 100 Å². The van der Waals surface area contributed by atoms with Crippen LogP contribution in [0.15, 0.2) is 157 Å². The van der Waals surface area contributed by atoms with Gasteiger partial charge in [0.05, 0.1) is 76.2 Å². The Kier molecular flexibility index (Phi) is 25.7. The monoisotopic (exact) mass is 1800 g/mol. The lowest BCUT2D eigenvalue weighted by atomic mass is 9.82. The number of aliphatic hydroxyl groups excluding tert-OH is 1. The van der Waals surface area contributed by atoms with Gasteiger partial charge in [0.15, 0.2) is 57.4 Å². The number of nitrogen functional groups attached to an aromatic ring is 1. The summed E-state index contributed by atoms with van der Waals surface area (Å²) in [6.07, 6.45) is 4.24. The van der Waals surface area contributed by atoms with Gasteiger partial charge in [-0.3, -0.25) is 28.8 Å². The SMILES string of the molecule is C=C(O)C1CN(c2nc(-c3cc(OC)n(Cc4ccccc4F)n3)ncc2F)CC1C.C=C1Nc2nc(-c3cc(OC(F)F)n(Cc4cccc(F)c4F)n3)ncc2C1(C)C(=O)NC1CC1.CC(C)Oc1cc(-c2nc(N)c3c(n2)NC(=O)C3(C)C(N)=O)nn1Cc1ccccc1F.CCOC(=O)C1(C)C(=O)Nc2nc(-c3cc(OC)n(Cc4ccccc4F)n3)[nH]c(=O)c21. The number of H-pyrrole nitrogens is 1. The van der Waals surface area contributed by atoms with Gasteiger partial charge in [0, 0.05) is 89.0 Å². The van der Waals surface area contributed by atoms with Gasteiger partial charge in [-0.1, -0.05) is 86.8 Å². The Morgan fingerprint density at radius 2 is 1.08 bits per heavy atom. The minimum absolute atomic E-state index is 0.0488. The minimum Gasteiger partial charge on any atom is -0.513 e. The summed E-state index contributed by atoms with van der Waals surface area (Å²) in [5.74, 6) is -5.49. The first-order valence-corrected chi connectivity index (χ1v) is 40.3. The predicted molar refractivity (Wildman–Crippen MR) is 453 cm³/mol. The van der Waals surface area contributed by atoms with Crippen molar-refractivity contribution in [1.82, 2.24) is 84.3 Å². The van der Waals surface area contributed by atoms with Crippen LogP contribution in [0.25, 0.3) is 46.1 Å². The summed E-state index contributed by atoms with van der Waals surface area (Å²) >= 11 is 0. The molecule has 10 N–H and O–H groups in total. The maximum Gasteiger partial charge on any atom is 0.388 e. The first kappa shape index (κ1) is 90.7. The number of hydrogen-bond acceptors (Lipinski definition) is 26. The summed E-state index contributed by atoms with van der Waals surface area (Å²) in [7, 11) is 2.92. The summed E-state index contributed by atoms with van der Waals surface area (Å²) in [5, 5.41) is 38.2. The van der Waals surface area contributed by atoms with E-state index in [1.807, 2.05) is 20.8 Å². The molecule has 17 rings (SSSR count). The van der Waals surface area contributed by atoms with Gasteiger partial charge in [-0.05, 0) is 84.6 Å². The Labute approximate surface area is 734 Å². The number of nitrogens with two attached hydrogens (primary N) is 2. The number of anilines is 5. The van der Waals surface area contributed by atoms with Crippen LogP contribution in [0.5, 0.6) is 23.5 Å². The van der Waals surface area contributed by atoms with E-state index in [9.17, 15) is 69.0 Å². The second kappa shape index (κ2) is 36.8. The van der Waals surface area contributed by atoms with E-state index < -0.39 is 75.4 Å². The van der Waals surface area contributed by atoms with Crippen molar-refractivity contribution < 1.29 is 87.9 Å². The van der Waals surface area contributed by atoms with Crippen molar-refractivity contribution in [3.8, 4) is 69.6 Å². The molecule has 0 bridgehead atoms. The molecule has 35 nitrogen and oxygen atoms in total. The molecule has 12 aromatic rings. The van der Waals surface area contributed by atoms with Crippen molar-refractivity contribution >= 4 is 58.7 Å². The van der Waals surface area contributed by atoms with Crippen molar-refractivity contribution in [2.24, 2.45) is 17.6 Å². The van der Waals surface area contributed by atoms with Gasteiger partial charge in [-0.15, -0.1) is 0 Å². The molecule has 5 aliphatic rings. The van der Waals surface area contributed by atoms with Gasteiger partial charge < -0.3 is 71.4 Å². The molecule has 1 saturated heterocycles. The molecule has 1 saturated carbocycles. The molecule has 43 heteroatoms. The lowest BCUT2D eigenvalue weighted by molar-refractivity contribution is -0.152. The van der Waals surface area contributed by atoms with Crippen molar-refractivity contribution in [3.05, 3.63) is 236 Å². The van der Waals surface area contributed by atoms with E-state index in [0.717, 1.165) is 29.8 Å². The third kappa shape index (κ3) is 18.2. The Morgan fingerprint density at radius 3 is 1.61 bits per heavy atom. The molecule has 0 radical (unpaired) electrons. The van der Waals surface area contributed by atoms with Gasteiger partial charge in [0.25, 0.3) is 5.56 Å². The molecule has 12 heterocycles. The number of primary amides is 1. The smallest absolute Gasteiger partial charge is 0.388 e. The number of methoxy groups -OCH3 is 2. The van der Waals surface area contributed by atoms with Crippen LogP contribution in [-0.2, 0) is 71.1 Å². The summed E-state index contributed by atoms with van der Waals surface area (Å²) in [6, 6.07) is 28.7. The van der Waals surface area contributed by atoms with Crippen LogP contribution in [0.2, 0.25) is 0 Å². The number of hydrogen-bond donors (Lipinski definition) is 8. The zero-order valence-electron chi connectivity index (χ0n) is 71.1. The number of nitrogens with zero attached hydrogens (tertiary/aromatic N) is 16. The molecular formula is C87H85F8N23O12. The fourth-order valence-corrected chi connectivity index (χ4v) is 14.8. The largest absolute Gasteiger partial charge is 0.513 e. The van der Waals surface area contributed by atoms with E-state index >= 15 is 0 Å². The number of esters is 1. The first-order chi connectivity index (χ1) is 61.9. The summed E-state index contributed by atoms with van der Waals surface area (Å²) < 4.78 is 142. The topological polar surface area (TPSA) is 450 Å². The normalized spacial score (nSPS) is 18.0. The number of alkyl halides is 2. The molecule has 0 spiro atoms. The Hall–Kier alpha value is -15.5. The van der Waals surface area contributed by atoms with Crippen LogP contribution in [0.3, 0.4) is 0 Å². The Bertz CT molecular complexity index is 6520. The highest BCUT2D eigenvalue weighted by Crippen LogP contribution is 2.45. The lowest BCUT2D eigenvalue weighted by Gasteiger charge is -2.24. The molecule has 5 atom stereocenters. The second-order valence-electron chi connectivity index (χ2n) is 31.4. The Morgan fingerprint density at radius 1 is 0.592 bits per heavy atom. The van der Waals surface area contributed by atoms with Crippen LogP contribution in [0.4, 0.5) is 64.2 Å². The van der Waals surface area contributed by atoms with Gasteiger partial charge in [-0.25, -0.2) is 80.0 Å². The van der Waals surface area contributed by atoms with Crippen LogP contribution in [0, 0.1) is 46.7 Å². The minimum atomic E-state index is -3.17. The standard InChI is InChI=1S/C23H20F4N6O2.C22H23F2N5O2.C21H22FN7O3.C21H20FN5O5/c1-11-23(2,21(34)30-13-6-7-13)14-9-28-20(31-19(14)29-11)16-8-17(35-22(26)27)33(32-16)10-12-4-3-5-15(24)18(12)25;1-13-10-28(12-16(13)14(2)30)22-18(24)9-25-21(26-22)19-8-20(31-3)29(27-19)11-15-6-4-5-7-17(15)23;1-10(2)32-14-8-13(28-29(14)9-11-6-4-5-7-12(11)22)17-25-16(23)15-18(26-17)27-20(31)21(15,3)19(24)30;1-4-32-20(30)21(2)15-17(25-19(21)29)23-16(24-18(15)28)13-9-14(31-3)27(26-13)10-11-7-5-6-8-12(11)22/h3-5,8-9,13,22H,1,6-7,10H2,2H3,(H,30,34)(H,28,29,31);4-9,13,16,30H,2,10-12H2,1,3H3;4-8,10H,9H2,1-3H3,(H2,24,30)(H3,23,25,26,27,31);5-9H,4,10H2,1-3H3,(H2,23,24,25,28,29). The van der Waals surface area contributed by atoms with Crippen molar-refractivity contribution in [3.63, 3.8) is 0 Å². The molecule has 5 unspecified atom stereocenters. The molecular weight excluding hydrogens is 1710 g/mol. The number of fused-ring (bicyclic) bond motifs is 3. The fourth-order valence-electron chi connectivity index (χ4n) is 14.8. The molecule has 2 fully saturated rings. The number of amides is 4. The zero-order valence-corrected chi connectivity index (χ0v) is 71.1. The average Bonchev–Trinajstić information content (AvgIpc) is 1.59. The maximum absolute atomic E-state index is 14.5. The number of rotatable bonds is 25. The third-order valence-corrected chi connectivity index (χ3v) is 22.1. The van der Waals surface area contributed by atoms with Crippen LogP contribution >= 0.6 is 0 Å². The van der Waals surface area contributed by atoms with E-state index in [4.69, 9.17) is 30.4 Å². The molecule has 130 heavy (non-hydrogen) atoms. The second-order valence-corrected chi connectivity index (χ2v) is 31.4. The molecule has 4 aromatic carbocycles. The Balaban J connectivity index is 0.000000140. The summed E-state index contributed by atoms with van der Waals surface area (Å²) in [5.41, 5.74) is 9.35. The predicted octanol–water partition coefficient (Wildman–Crippen LogP) is 10.8. The fraction of sp³-hybridized carbons (Fsp3) is 0.299. The van der Waals surface area contributed by atoms with Gasteiger partial charge in [0.1, 0.15) is 68.9 Å². The highest BCUT2D eigenvalue weighted by molar-refractivity contribution is 6.21. The van der Waals surface area contributed by atoms with E-state index in [1.54, 1.807) is 85.5 Å². The van der Waals surface area contributed by atoms with E-state index in [-0.39, 0.29) is 161 Å². The van der Waals surface area contributed by atoms with E-state index in [0.29, 0.717) is 75.9 Å². The number of aromatic nitrogens is 16. The van der Waals surface area contributed by atoms with Crippen molar-refractivity contribution in [1.29, 1.82) is 0 Å². The average molecular weight is 1800 g/mol. The molecule has 8 aromatic heterocycles. The van der Waals surface area contributed by atoms with Crippen molar-refractivity contribution in [2.75, 3.05) is 60.5 Å². The molecule has 676 valence electrons. The van der Waals surface area contributed by atoms with Crippen LogP contribution in [-0.4, -0.2) is 166 Å². The summed E-state index contributed by atoms with van der Waals surface area (Å²) in [4.78, 5) is 109.